The number of hydrogen-bond donors (Lipinski definition) is 3. The van der Waals surface area contributed by atoms with Crippen LogP contribution in [0.1, 0.15) is 16.1 Å². The first-order valence-electron chi connectivity index (χ1n) is 9.12. The zero-order valence-electron chi connectivity index (χ0n) is 16.9. The van der Waals surface area contributed by atoms with Crippen LogP contribution in [-0.4, -0.2) is 43.9 Å². The van der Waals surface area contributed by atoms with Crippen molar-refractivity contribution in [2.75, 3.05) is 33.2 Å². The van der Waals surface area contributed by atoms with Gasteiger partial charge in [-0.15, -0.1) is 11.3 Å². The van der Waals surface area contributed by atoms with E-state index < -0.39 is 0 Å². The summed E-state index contributed by atoms with van der Waals surface area (Å²) in [6.45, 7) is 0.469. The number of rotatable bonds is 9. The minimum Gasteiger partial charge on any atom is -0.508 e. The maximum atomic E-state index is 12.3. The van der Waals surface area contributed by atoms with Gasteiger partial charge in [-0.1, -0.05) is 12.1 Å². The maximum Gasteiger partial charge on any atom is 0.270 e. The Balaban J connectivity index is 1.61. The molecule has 158 valence electrons. The van der Waals surface area contributed by atoms with Crippen molar-refractivity contribution in [3.05, 3.63) is 53.0 Å². The van der Waals surface area contributed by atoms with E-state index in [9.17, 15) is 9.90 Å². The Morgan fingerprint density at radius 2 is 1.73 bits per heavy atom. The van der Waals surface area contributed by atoms with Gasteiger partial charge in [0.1, 0.15) is 11.4 Å². The van der Waals surface area contributed by atoms with Gasteiger partial charge < -0.3 is 30.0 Å². The fourth-order valence-corrected chi connectivity index (χ4v) is 3.50. The molecule has 0 spiro atoms. The van der Waals surface area contributed by atoms with E-state index in [0.29, 0.717) is 46.7 Å². The minimum absolute atomic E-state index is 0.220. The number of nitrogens with one attached hydrogen (secondary N) is 2. The Bertz CT molecular complexity index is 979. The van der Waals surface area contributed by atoms with Crippen LogP contribution in [0.4, 0.5) is 10.8 Å². The summed E-state index contributed by atoms with van der Waals surface area (Å²) in [6, 6.07) is 10.4. The molecular weight excluding hydrogens is 406 g/mol. The lowest BCUT2D eigenvalue weighted by atomic mass is 10.1. The standard InChI is InChI=1S/C21H23N3O5S/c1-27-17-10-14(11-18(28-2)19(17)29-3)23-21-24-16(12-30-21)20(26)22-9-8-13-4-6-15(25)7-5-13/h4-7,10-12,25H,8-9H2,1-3H3,(H,22,26)(H,23,24). The number of anilines is 2. The minimum atomic E-state index is -0.247. The van der Waals surface area contributed by atoms with Gasteiger partial charge in [-0.05, 0) is 24.1 Å². The lowest BCUT2D eigenvalue weighted by Crippen LogP contribution is -2.25. The van der Waals surface area contributed by atoms with Crippen LogP contribution in [0, 0.1) is 0 Å². The van der Waals surface area contributed by atoms with E-state index in [1.165, 1.54) is 11.3 Å². The molecule has 0 aliphatic heterocycles. The fraction of sp³-hybridized carbons (Fsp3) is 0.238. The monoisotopic (exact) mass is 429 g/mol. The maximum absolute atomic E-state index is 12.3. The molecule has 0 fully saturated rings. The van der Waals surface area contributed by atoms with Gasteiger partial charge in [0.05, 0.1) is 21.3 Å². The molecular formula is C21H23N3O5S. The second-order valence-corrected chi connectivity index (χ2v) is 7.11. The molecule has 3 N–H and O–H groups in total. The predicted molar refractivity (Wildman–Crippen MR) is 116 cm³/mol. The Morgan fingerprint density at radius 1 is 1.07 bits per heavy atom. The summed E-state index contributed by atoms with van der Waals surface area (Å²) in [7, 11) is 4.64. The smallest absolute Gasteiger partial charge is 0.270 e. The lowest BCUT2D eigenvalue weighted by molar-refractivity contribution is 0.0950. The van der Waals surface area contributed by atoms with Crippen LogP contribution in [-0.2, 0) is 6.42 Å². The summed E-state index contributed by atoms with van der Waals surface area (Å²) >= 11 is 1.32. The van der Waals surface area contributed by atoms with E-state index in [4.69, 9.17) is 14.2 Å². The largest absolute Gasteiger partial charge is 0.508 e. The van der Waals surface area contributed by atoms with Crippen molar-refractivity contribution in [1.29, 1.82) is 0 Å². The fourth-order valence-electron chi connectivity index (χ4n) is 2.79. The van der Waals surface area contributed by atoms with Crippen molar-refractivity contribution < 1.29 is 24.1 Å². The summed E-state index contributed by atoms with van der Waals surface area (Å²) in [5, 5.41) is 17.6. The molecule has 1 aromatic heterocycles. The number of benzene rings is 2. The zero-order valence-corrected chi connectivity index (χ0v) is 17.7. The molecule has 3 aromatic rings. The molecule has 0 radical (unpaired) electrons. The van der Waals surface area contributed by atoms with Crippen molar-refractivity contribution in [2.24, 2.45) is 0 Å². The second-order valence-electron chi connectivity index (χ2n) is 6.25. The Hall–Kier alpha value is -3.46. The van der Waals surface area contributed by atoms with Gasteiger partial charge in [0.2, 0.25) is 5.75 Å². The van der Waals surface area contributed by atoms with Gasteiger partial charge in [-0.3, -0.25) is 4.79 Å². The Morgan fingerprint density at radius 3 is 2.33 bits per heavy atom. The van der Waals surface area contributed by atoms with Crippen molar-refractivity contribution in [2.45, 2.75) is 6.42 Å². The number of phenolic OH excluding ortho intramolecular Hbond substituents is 1. The van der Waals surface area contributed by atoms with Crippen molar-refractivity contribution >= 4 is 28.1 Å². The average Bonchev–Trinajstić information content (AvgIpc) is 3.22. The van der Waals surface area contributed by atoms with Crippen molar-refractivity contribution in [3.8, 4) is 23.0 Å². The van der Waals surface area contributed by atoms with Crippen molar-refractivity contribution in [1.82, 2.24) is 10.3 Å². The molecule has 0 unspecified atom stereocenters. The molecule has 9 heteroatoms. The number of carbonyl (C=O) groups excluding carboxylic acids is 1. The van der Waals surface area contributed by atoms with E-state index in [0.717, 1.165) is 5.56 Å². The second kappa shape index (κ2) is 9.84. The van der Waals surface area contributed by atoms with Crippen LogP contribution in [0.25, 0.3) is 0 Å². The number of methoxy groups -OCH3 is 3. The van der Waals surface area contributed by atoms with Gasteiger partial charge in [-0.25, -0.2) is 4.98 Å². The van der Waals surface area contributed by atoms with Crippen LogP contribution in [0.5, 0.6) is 23.0 Å². The number of carbonyl (C=O) groups is 1. The highest BCUT2D eigenvalue weighted by atomic mass is 32.1. The Kier molecular flexibility index (Phi) is 6.97. The first-order chi connectivity index (χ1) is 14.5. The highest BCUT2D eigenvalue weighted by Gasteiger charge is 2.15. The van der Waals surface area contributed by atoms with Gasteiger partial charge in [0.15, 0.2) is 16.6 Å². The summed E-state index contributed by atoms with van der Waals surface area (Å²) in [6.07, 6.45) is 0.659. The van der Waals surface area contributed by atoms with E-state index in [-0.39, 0.29) is 11.7 Å². The molecule has 0 aliphatic carbocycles. The topological polar surface area (TPSA) is 102 Å². The summed E-state index contributed by atoms with van der Waals surface area (Å²) in [5.41, 5.74) is 2.05. The summed E-state index contributed by atoms with van der Waals surface area (Å²) in [5.74, 6) is 1.50. The lowest BCUT2D eigenvalue weighted by Gasteiger charge is -2.14. The van der Waals surface area contributed by atoms with E-state index in [2.05, 4.69) is 15.6 Å². The molecule has 0 atom stereocenters. The SMILES string of the molecule is COc1cc(Nc2nc(C(=O)NCCc3ccc(O)cc3)cs2)cc(OC)c1OC. The summed E-state index contributed by atoms with van der Waals surface area (Å²) in [4.78, 5) is 16.7. The first-order valence-corrected chi connectivity index (χ1v) is 10.0. The van der Waals surface area contributed by atoms with Gasteiger partial charge in [-0.2, -0.15) is 0 Å². The predicted octanol–water partition coefficient (Wildman–Crippen LogP) is 3.59. The molecule has 0 bridgehead atoms. The first kappa shape index (κ1) is 21.3. The third kappa shape index (κ3) is 5.12. The van der Waals surface area contributed by atoms with E-state index in [1.54, 1.807) is 51.0 Å². The quantitative estimate of drug-likeness (QED) is 0.478. The molecule has 1 amide bonds. The third-order valence-electron chi connectivity index (χ3n) is 4.29. The van der Waals surface area contributed by atoms with Gasteiger partial charge >= 0.3 is 0 Å². The van der Waals surface area contributed by atoms with Crippen molar-refractivity contribution in [3.63, 3.8) is 0 Å². The number of amides is 1. The average molecular weight is 429 g/mol. The van der Waals surface area contributed by atoms with Crippen LogP contribution >= 0.6 is 11.3 Å². The molecule has 8 nitrogen and oxygen atoms in total. The normalized spacial score (nSPS) is 10.4. The third-order valence-corrected chi connectivity index (χ3v) is 5.05. The number of phenols is 1. The van der Waals surface area contributed by atoms with E-state index in [1.807, 2.05) is 12.1 Å². The number of nitrogens with zero attached hydrogens (tertiary/aromatic N) is 1. The number of ether oxygens (including phenoxy) is 3. The molecule has 30 heavy (non-hydrogen) atoms. The van der Waals surface area contributed by atoms with Gasteiger partial charge in [0, 0.05) is 29.7 Å². The molecule has 2 aromatic carbocycles. The van der Waals surface area contributed by atoms with Crippen LogP contribution in [0.2, 0.25) is 0 Å². The van der Waals surface area contributed by atoms with Gasteiger partial charge in [0.25, 0.3) is 5.91 Å². The summed E-state index contributed by atoms with van der Waals surface area (Å²) < 4.78 is 16.0. The van der Waals surface area contributed by atoms with Crippen LogP contribution < -0.4 is 24.8 Å². The number of aromatic hydroxyl groups is 1. The molecule has 0 aliphatic rings. The number of thiazole rings is 1. The number of aromatic nitrogens is 1. The highest BCUT2D eigenvalue weighted by Crippen LogP contribution is 2.40. The molecule has 0 saturated heterocycles. The molecule has 1 heterocycles. The Labute approximate surface area is 178 Å². The van der Waals surface area contributed by atoms with Crippen LogP contribution in [0.3, 0.4) is 0 Å². The molecule has 0 saturated carbocycles. The zero-order chi connectivity index (χ0) is 21.5. The highest BCUT2D eigenvalue weighted by molar-refractivity contribution is 7.14. The van der Waals surface area contributed by atoms with E-state index >= 15 is 0 Å². The number of hydrogen-bond acceptors (Lipinski definition) is 8. The molecule has 3 rings (SSSR count). The van der Waals surface area contributed by atoms with Crippen LogP contribution in [0.15, 0.2) is 41.8 Å².